The molecule has 0 aliphatic carbocycles. The Morgan fingerprint density at radius 3 is 2.50 bits per heavy atom. The normalized spacial score (nSPS) is 20.9. The molecule has 1 aliphatic heterocycles. The maximum absolute atomic E-state index is 12.4. The van der Waals surface area contributed by atoms with E-state index in [1.165, 1.54) is 24.1 Å². The van der Waals surface area contributed by atoms with Crippen LogP contribution in [0.2, 0.25) is 0 Å². The first-order valence-electron chi connectivity index (χ1n) is 7.80. The number of likely N-dealkylation sites (N-methyl/N-ethyl adjacent to an activating group) is 1. The molecule has 0 unspecified atom stereocenters. The van der Waals surface area contributed by atoms with Crippen molar-refractivity contribution in [3.8, 4) is 0 Å². The number of nitrogens with two attached hydrogens (primary N) is 1. The van der Waals surface area contributed by atoms with Gasteiger partial charge in [-0.2, -0.15) is 0 Å². The molecule has 1 aliphatic rings. The van der Waals surface area contributed by atoms with Crippen LogP contribution in [0.5, 0.6) is 0 Å². The Hall–Kier alpha value is -1.93. The number of likely N-dealkylation sites (tertiary alicyclic amines) is 1. The highest BCUT2D eigenvalue weighted by Gasteiger charge is 2.37. The number of sulfone groups is 1. The van der Waals surface area contributed by atoms with Crippen molar-refractivity contribution in [3.05, 3.63) is 29.8 Å². The monoisotopic (exact) mass is 353 g/mol. The summed E-state index contributed by atoms with van der Waals surface area (Å²) in [5, 5.41) is 2.51. The van der Waals surface area contributed by atoms with Gasteiger partial charge in [-0.05, 0) is 25.5 Å². The van der Waals surface area contributed by atoms with E-state index in [4.69, 9.17) is 5.73 Å². The molecule has 1 saturated heterocycles. The van der Waals surface area contributed by atoms with E-state index in [1.807, 2.05) is 6.92 Å². The third-order valence-electron chi connectivity index (χ3n) is 4.17. The van der Waals surface area contributed by atoms with Gasteiger partial charge < -0.3 is 16.0 Å². The molecule has 0 aromatic heterocycles. The standard InChI is InChI=1S/C16H23N3O4S/c1-11-3-5-13(6-4-11)24(22,23)8-7-15(20)19-10-12(17)9-14(19)16(21)18-2/h3-6,12,14H,7-10,17H2,1-2H3,(H,18,21)/t12-,14+/m1/s1. The van der Waals surface area contributed by atoms with Crippen LogP contribution in [0.15, 0.2) is 29.2 Å². The van der Waals surface area contributed by atoms with Gasteiger partial charge in [0.25, 0.3) is 0 Å². The summed E-state index contributed by atoms with van der Waals surface area (Å²) in [5.41, 5.74) is 6.80. The summed E-state index contributed by atoms with van der Waals surface area (Å²) >= 11 is 0. The number of amides is 2. The highest BCUT2D eigenvalue weighted by molar-refractivity contribution is 7.91. The average molecular weight is 353 g/mol. The SMILES string of the molecule is CNC(=O)[C@@H]1C[C@@H](N)CN1C(=O)CCS(=O)(=O)c1ccc(C)cc1. The third-order valence-corrected chi connectivity index (χ3v) is 5.90. The fourth-order valence-electron chi connectivity index (χ4n) is 2.79. The molecule has 1 aromatic carbocycles. The highest BCUT2D eigenvalue weighted by Crippen LogP contribution is 2.19. The summed E-state index contributed by atoms with van der Waals surface area (Å²) < 4.78 is 24.6. The summed E-state index contributed by atoms with van der Waals surface area (Å²) in [5.74, 6) is -0.939. The molecule has 0 bridgehead atoms. The molecule has 1 heterocycles. The van der Waals surface area contributed by atoms with Crippen molar-refractivity contribution < 1.29 is 18.0 Å². The zero-order valence-corrected chi connectivity index (χ0v) is 14.7. The number of nitrogens with zero attached hydrogens (tertiary/aromatic N) is 1. The smallest absolute Gasteiger partial charge is 0.242 e. The van der Waals surface area contributed by atoms with Crippen LogP contribution in [0.4, 0.5) is 0 Å². The Balaban J connectivity index is 2.04. The number of carbonyl (C=O) groups is 2. The van der Waals surface area contributed by atoms with Gasteiger partial charge >= 0.3 is 0 Å². The van der Waals surface area contributed by atoms with Crippen LogP contribution in [-0.4, -0.2) is 56.6 Å². The van der Waals surface area contributed by atoms with E-state index in [-0.39, 0.29) is 41.5 Å². The molecule has 2 amide bonds. The largest absolute Gasteiger partial charge is 0.357 e. The molecule has 0 radical (unpaired) electrons. The molecule has 0 saturated carbocycles. The van der Waals surface area contributed by atoms with E-state index in [0.29, 0.717) is 6.42 Å². The van der Waals surface area contributed by atoms with Crippen molar-refractivity contribution in [2.75, 3.05) is 19.3 Å². The summed E-state index contributed by atoms with van der Waals surface area (Å²) in [6.45, 7) is 2.14. The molecule has 0 spiro atoms. The predicted octanol–water partition coefficient (Wildman–Crippen LogP) is -0.167. The second kappa shape index (κ2) is 7.31. The number of nitrogens with one attached hydrogen (secondary N) is 1. The molecule has 8 heteroatoms. The maximum atomic E-state index is 12.4. The summed E-state index contributed by atoms with van der Waals surface area (Å²) in [6, 6.07) is 5.61. The van der Waals surface area contributed by atoms with Gasteiger partial charge in [0.1, 0.15) is 6.04 Å². The summed E-state index contributed by atoms with van der Waals surface area (Å²) in [6.07, 6.45) is 0.215. The van der Waals surface area contributed by atoms with Gasteiger partial charge in [-0.25, -0.2) is 8.42 Å². The van der Waals surface area contributed by atoms with Crippen molar-refractivity contribution in [3.63, 3.8) is 0 Å². The Labute approximate surface area is 142 Å². The fourth-order valence-corrected chi connectivity index (χ4v) is 4.02. The minimum absolute atomic E-state index is 0.170. The second-order valence-corrected chi connectivity index (χ2v) is 8.16. The topological polar surface area (TPSA) is 110 Å². The van der Waals surface area contributed by atoms with E-state index in [2.05, 4.69) is 5.32 Å². The molecule has 2 atom stereocenters. The van der Waals surface area contributed by atoms with Gasteiger partial charge in [0, 0.05) is 26.1 Å². The lowest BCUT2D eigenvalue weighted by Crippen LogP contribution is -2.45. The lowest BCUT2D eigenvalue weighted by molar-refractivity contribution is -0.137. The summed E-state index contributed by atoms with van der Waals surface area (Å²) in [4.78, 5) is 25.8. The third kappa shape index (κ3) is 4.12. The Bertz CT molecular complexity index is 715. The van der Waals surface area contributed by atoms with Gasteiger partial charge in [0.05, 0.1) is 10.6 Å². The van der Waals surface area contributed by atoms with Crippen LogP contribution in [0.3, 0.4) is 0 Å². The Morgan fingerprint density at radius 1 is 1.29 bits per heavy atom. The predicted molar refractivity (Wildman–Crippen MR) is 90.0 cm³/mol. The highest BCUT2D eigenvalue weighted by atomic mass is 32.2. The van der Waals surface area contributed by atoms with E-state index in [9.17, 15) is 18.0 Å². The summed E-state index contributed by atoms with van der Waals surface area (Å²) in [7, 11) is -2.04. The fraction of sp³-hybridized carbons (Fsp3) is 0.500. The van der Waals surface area contributed by atoms with E-state index >= 15 is 0 Å². The van der Waals surface area contributed by atoms with Crippen molar-refractivity contribution in [1.82, 2.24) is 10.2 Å². The molecule has 1 aromatic rings. The van der Waals surface area contributed by atoms with Gasteiger partial charge in [-0.3, -0.25) is 9.59 Å². The van der Waals surface area contributed by atoms with Gasteiger partial charge in [0.15, 0.2) is 9.84 Å². The van der Waals surface area contributed by atoms with E-state index < -0.39 is 15.9 Å². The molecular weight excluding hydrogens is 330 g/mol. The molecule has 7 nitrogen and oxygen atoms in total. The first kappa shape index (κ1) is 18.4. The molecule has 1 fully saturated rings. The van der Waals surface area contributed by atoms with Gasteiger partial charge in [-0.15, -0.1) is 0 Å². The number of rotatable bonds is 5. The molecule has 132 valence electrons. The first-order chi connectivity index (χ1) is 11.2. The van der Waals surface area contributed by atoms with Crippen molar-refractivity contribution in [2.45, 2.75) is 36.7 Å². The van der Waals surface area contributed by atoms with E-state index in [0.717, 1.165) is 5.56 Å². The zero-order valence-electron chi connectivity index (χ0n) is 13.9. The quantitative estimate of drug-likeness (QED) is 0.764. The number of aryl methyl sites for hydroxylation is 1. The van der Waals surface area contributed by atoms with Crippen LogP contribution < -0.4 is 11.1 Å². The molecule has 2 rings (SSSR count). The number of carbonyl (C=O) groups excluding carboxylic acids is 2. The van der Waals surface area contributed by atoms with E-state index in [1.54, 1.807) is 12.1 Å². The van der Waals surface area contributed by atoms with Crippen molar-refractivity contribution >= 4 is 21.7 Å². The molecule has 3 N–H and O–H groups in total. The van der Waals surface area contributed by atoms with Gasteiger partial charge in [-0.1, -0.05) is 17.7 Å². The average Bonchev–Trinajstić information content (AvgIpc) is 2.94. The van der Waals surface area contributed by atoms with Crippen LogP contribution in [0.25, 0.3) is 0 Å². The van der Waals surface area contributed by atoms with Gasteiger partial charge in [0.2, 0.25) is 11.8 Å². The number of benzene rings is 1. The van der Waals surface area contributed by atoms with Crippen molar-refractivity contribution in [1.29, 1.82) is 0 Å². The lowest BCUT2D eigenvalue weighted by atomic mass is 10.1. The van der Waals surface area contributed by atoms with Crippen LogP contribution in [0, 0.1) is 6.92 Å². The van der Waals surface area contributed by atoms with Crippen LogP contribution >= 0.6 is 0 Å². The van der Waals surface area contributed by atoms with Crippen LogP contribution in [-0.2, 0) is 19.4 Å². The molecule has 24 heavy (non-hydrogen) atoms. The minimum atomic E-state index is -3.54. The Morgan fingerprint density at radius 2 is 1.92 bits per heavy atom. The number of hydrogen-bond donors (Lipinski definition) is 2. The maximum Gasteiger partial charge on any atom is 0.242 e. The first-order valence-corrected chi connectivity index (χ1v) is 9.46. The lowest BCUT2D eigenvalue weighted by Gasteiger charge is -2.23. The Kier molecular flexibility index (Phi) is 5.61. The number of hydrogen-bond acceptors (Lipinski definition) is 5. The zero-order chi connectivity index (χ0) is 17.9. The van der Waals surface area contributed by atoms with Crippen molar-refractivity contribution in [2.24, 2.45) is 5.73 Å². The second-order valence-electron chi connectivity index (χ2n) is 6.05. The minimum Gasteiger partial charge on any atom is -0.357 e. The van der Waals surface area contributed by atoms with Crippen LogP contribution in [0.1, 0.15) is 18.4 Å². The molecular formula is C16H23N3O4S.